The molecule has 5 rings (SSSR count). The van der Waals surface area contributed by atoms with E-state index in [9.17, 15) is 19.2 Å². The molecule has 11 nitrogen and oxygen atoms in total. The van der Waals surface area contributed by atoms with Gasteiger partial charge in [0.1, 0.15) is 24.2 Å². The van der Waals surface area contributed by atoms with Crippen molar-refractivity contribution in [3.8, 4) is 5.75 Å². The number of aromatic nitrogens is 3. The number of H-pyrrole nitrogens is 1. The average Bonchev–Trinajstić information content (AvgIpc) is 3.56. The number of hydrogen-bond acceptors (Lipinski definition) is 8. The monoisotopic (exact) mass is 463 g/mol. The van der Waals surface area contributed by atoms with E-state index in [-0.39, 0.29) is 30.5 Å². The van der Waals surface area contributed by atoms with E-state index < -0.39 is 23.7 Å². The fraction of sp³-hybridized carbons (Fsp3) is 0.304. The summed E-state index contributed by atoms with van der Waals surface area (Å²) in [6.45, 7) is 0.310. The van der Waals surface area contributed by atoms with Crippen molar-refractivity contribution in [3.63, 3.8) is 0 Å². The van der Waals surface area contributed by atoms with Crippen LogP contribution in [-0.2, 0) is 32.1 Å². The molecule has 0 unspecified atom stereocenters. The Morgan fingerprint density at radius 3 is 2.91 bits per heavy atom. The zero-order valence-corrected chi connectivity index (χ0v) is 18.2. The fourth-order valence-corrected chi connectivity index (χ4v) is 4.04. The summed E-state index contributed by atoms with van der Waals surface area (Å²) < 4.78 is 10.1. The number of carbonyl (C=O) groups is 4. The van der Waals surface area contributed by atoms with Gasteiger partial charge in [0.25, 0.3) is 5.91 Å². The van der Waals surface area contributed by atoms with E-state index >= 15 is 0 Å². The SMILES string of the molecule is COC(=O)[C@H]1C[C@H]1C(=O)Nc1c[nH]c2c(C(=O)NCc3ccc4c(c3)CC(=O)CO4)ncnc12. The normalized spacial score (nSPS) is 18.6. The molecule has 2 aromatic heterocycles. The van der Waals surface area contributed by atoms with Gasteiger partial charge in [-0.25, -0.2) is 9.97 Å². The number of ketones is 1. The van der Waals surface area contributed by atoms with Crippen LogP contribution >= 0.6 is 0 Å². The number of nitrogens with one attached hydrogen (secondary N) is 3. The van der Waals surface area contributed by atoms with Gasteiger partial charge in [0, 0.05) is 24.7 Å². The Balaban J connectivity index is 1.27. The second-order valence-corrected chi connectivity index (χ2v) is 8.24. The molecule has 11 heteroatoms. The van der Waals surface area contributed by atoms with Gasteiger partial charge < -0.3 is 25.1 Å². The molecule has 2 atom stereocenters. The number of aromatic amines is 1. The predicted octanol–water partition coefficient (Wildman–Crippen LogP) is 1.14. The highest BCUT2D eigenvalue weighted by Crippen LogP contribution is 2.40. The molecule has 1 aromatic carbocycles. The molecule has 2 amide bonds. The molecule has 1 fully saturated rings. The number of amides is 2. The lowest BCUT2D eigenvalue weighted by Gasteiger charge is -2.17. The Kier molecular flexibility index (Phi) is 5.44. The van der Waals surface area contributed by atoms with E-state index in [0.717, 1.165) is 11.1 Å². The van der Waals surface area contributed by atoms with Crippen LogP contribution < -0.4 is 15.4 Å². The summed E-state index contributed by atoms with van der Waals surface area (Å²) >= 11 is 0. The second-order valence-electron chi connectivity index (χ2n) is 8.24. The van der Waals surface area contributed by atoms with Crippen LogP contribution in [0.5, 0.6) is 5.75 Å². The van der Waals surface area contributed by atoms with Crippen LogP contribution in [0.2, 0.25) is 0 Å². The lowest BCUT2D eigenvalue weighted by Crippen LogP contribution is -2.25. The van der Waals surface area contributed by atoms with Gasteiger partial charge in [-0.15, -0.1) is 0 Å². The van der Waals surface area contributed by atoms with Crippen LogP contribution in [0.3, 0.4) is 0 Å². The third-order valence-electron chi connectivity index (χ3n) is 5.92. The van der Waals surface area contributed by atoms with Gasteiger partial charge >= 0.3 is 5.97 Å². The number of fused-ring (bicyclic) bond motifs is 2. The first-order chi connectivity index (χ1) is 16.4. The molecule has 3 aromatic rings. The third kappa shape index (κ3) is 4.07. The number of nitrogens with zero attached hydrogens (tertiary/aromatic N) is 2. The average molecular weight is 463 g/mol. The highest BCUT2D eigenvalue weighted by molar-refractivity contribution is 6.09. The van der Waals surface area contributed by atoms with Gasteiger partial charge in [0.05, 0.1) is 30.1 Å². The van der Waals surface area contributed by atoms with Crippen molar-refractivity contribution in [2.24, 2.45) is 11.8 Å². The van der Waals surface area contributed by atoms with Crippen LogP contribution in [-0.4, -0.2) is 52.2 Å². The van der Waals surface area contributed by atoms with Crippen LogP contribution in [0.25, 0.3) is 11.0 Å². The van der Waals surface area contributed by atoms with Gasteiger partial charge in [-0.2, -0.15) is 0 Å². The highest BCUT2D eigenvalue weighted by atomic mass is 16.5. The molecule has 1 saturated carbocycles. The summed E-state index contributed by atoms with van der Waals surface area (Å²) in [5, 5.41) is 5.57. The summed E-state index contributed by atoms with van der Waals surface area (Å²) in [6, 6.07) is 5.45. The zero-order chi connectivity index (χ0) is 23.8. The number of methoxy groups -OCH3 is 1. The zero-order valence-electron chi connectivity index (χ0n) is 18.2. The summed E-state index contributed by atoms with van der Waals surface area (Å²) in [4.78, 5) is 59.7. The first-order valence-electron chi connectivity index (χ1n) is 10.7. The molecular weight excluding hydrogens is 442 g/mol. The fourth-order valence-electron chi connectivity index (χ4n) is 4.04. The molecule has 0 spiro atoms. The molecule has 0 bridgehead atoms. The second kappa shape index (κ2) is 8.58. The van der Waals surface area contributed by atoms with Crippen molar-refractivity contribution in [1.82, 2.24) is 20.3 Å². The van der Waals surface area contributed by atoms with E-state index in [1.807, 2.05) is 12.1 Å². The lowest BCUT2D eigenvalue weighted by atomic mass is 10.0. The summed E-state index contributed by atoms with van der Waals surface area (Å²) in [5.41, 5.74) is 2.89. The number of rotatable bonds is 6. The molecule has 3 heterocycles. The van der Waals surface area contributed by atoms with E-state index in [0.29, 0.717) is 35.3 Å². The molecule has 174 valence electrons. The Labute approximate surface area is 193 Å². The molecule has 34 heavy (non-hydrogen) atoms. The minimum Gasteiger partial charge on any atom is -0.486 e. The van der Waals surface area contributed by atoms with Crippen molar-refractivity contribution >= 4 is 40.3 Å². The largest absolute Gasteiger partial charge is 0.486 e. The Bertz CT molecular complexity index is 1330. The van der Waals surface area contributed by atoms with E-state index in [2.05, 4.69) is 30.3 Å². The molecule has 0 radical (unpaired) electrons. The van der Waals surface area contributed by atoms with E-state index in [1.165, 1.54) is 19.6 Å². The Morgan fingerprint density at radius 1 is 1.24 bits per heavy atom. The van der Waals surface area contributed by atoms with Crippen molar-refractivity contribution in [3.05, 3.63) is 47.5 Å². The predicted molar refractivity (Wildman–Crippen MR) is 118 cm³/mol. The van der Waals surface area contributed by atoms with E-state index in [4.69, 9.17) is 4.74 Å². The molecule has 3 N–H and O–H groups in total. The van der Waals surface area contributed by atoms with Gasteiger partial charge in [0.2, 0.25) is 5.91 Å². The van der Waals surface area contributed by atoms with Crippen LogP contribution in [0.4, 0.5) is 5.69 Å². The van der Waals surface area contributed by atoms with Gasteiger partial charge in [-0.3, -0.25) is 19.2 Å². The quantitative estimate of drug-likeness (QED) is 0.460. The number of hydrogen-bond donors (Lipinski definition) is 3. The number of carbonyl (C=O) groups excluding carboxylic acids is 4. The van der Waals surface area contributed by atoms with Crippen molar-refractivity contribution in [2.45, 2.75) is 19.4 Å². The van der Waals surface area contributed by atoms with Gasteiger partial charge in [-0.05, 0) is 24.1 Å². The first-order valence-corrected chi connectivity index (χ1v) is 10.7. The Hall–Kier alpha value is -4.28. The van der Waals surface area contributed by atoms with Crippen LogP contribution in [0.1, 0.15) is 28.0 Å². The number of benzene rings is 1. The van der Waals surface area contributed by atoms with Crippen molar-refractivity contribution < 1.29 is 28.7 Å². The number of esters is 1. The standard InChI is InChI=1S/C23H21N5O6/c1-33-23(32)15-6-14(15)21(30)28-16-8-24-19-18(16)26-10-27-20(19)22(31)25-7-11-2-3-17-12(4-11)5-13(29)9-34-17/h2-4,8,10,14-15,24H,5-7,9H2,1H3,(H,25,31)(H,28,30)/t14-,15+/m1/s1. The molecule has 2 aliphatic rings. The minimum atomic E-state index is -0.445. The smallest absolute Gasteiger partial charge is 0.309 e. The lowest BCUT2D eigenvalue weighted by molar-refractivity contribution is -0.143. The molecular formula is C23H21N5O6. The summed E-state index contributed by atoms with van der Waals surface area (Å²) in [5.74, 6) is -1.33. The van der Waals surface area contributed by atoms with Crippen molar-refractivity contribution in [1.29, 1.82) is 0 Å². The van der Waals surface area contributed by atoms with Crippen LogP contribution in [0.15, 0.2) is 30.7 Å². The topological polar surface area (TPSA) is 152 Å². The van der Waals surface area contributed by atoms with Crippen LogP contribution in [0, 0.1) is 11.8 Å². The third-order valence-corrected chi connectivity index (χ3v) is 5.92. The molecule has 0 saturated heterocycles. The maximum Gasteiger partial charge on any atom is 0.309 e. The minimum absolute atomic E-state index is 0.00852. The highest BCUT2D eigenvalue weighted by Gasteiger charge is 2.49. The summed E-state index contributed by atoms with van der Waals surface area (Å²) in [6.07, 6.45) is 3.52. The molecule has 1 aliphatic heterocycles. The van der Waals surface area contributed by atoms with Gasteiger partial charge in [-0.1, -0.05) is 6.07 Å². The Morgan fingerprint density at radius 2 is 2.09 bits per heavy atom. The van der Waals surface area contributed by atoms with E-state index in [1.54, 1.807) is 6.07 Å². The molecule has 1 aliphatic carbocycles. The first kappa shape index (κ1) is 21.6. The maximum absolute atomic E-state index is 12.8. The maximum atomic E-state index is 12.8. The number of ether oxygens (including phenoxy) is 2. The van der Waals surface area contributed by atoms with Crippen molar-refractivity contribution in [2.75, 3.05) is 19.0 Å². The number of Topliss-reactive ketones (excluding diaryl/α,β-unsaturated/α-hetero) is 1. The van der Waals surface area contributed by atoms with Gasteiger partial charge in [0.15, 0.2) is 11.5 Å². The number of anilines is 1. The summed E-state index contributed by atoms with van der Waals surface area (Å²) in [7, 11) is 1.29.